The third-order valence-electron chi connectivity index (χ3n) is 3.27. The van der Waals surface area contributed by atoms with Gasteiger partial charge in [-0.3, -0.25) is 4.79 Å². The first kappa shape index (κ1) is 15.6. The summed E-state index contributed by atoms with van der Waals surface area (Å²) in [5.74, 6) is -1.54. The highest BCUT2D eigenvalue weighted by atomic mass is 19.1. The van der Waals surface area contributed by atoms with Gasteiger partial charge in [-0.2, -0.15) is 0 Å². The predicted molar refractivity (Wildman–Crippen MR) is 82.3 cm³/mol. The number of esters is 1. The van der Waals surface area contributed by atoms with Crippen molar-refractivity contribution in [3.05, 3.63) is 77.1 Å². The van der Waals surface area contributed by atoms with Gasteiger partial charge in [-0.25, -0.2) is 9.18 Å². The lowest BCUT2D eigenvalue weighted by molar-refractivity contribution is 0.0600. The van der Waals surface area contributed by atoms with Gasteiger partial charge in [0.05, 0.1) is 18.2 Å². The van der Waals surface area contributed by atoms with E-state index >= 15 is 0 Å². The van der Waals surface area contributed by atoms with Crippen LogP contribution < -0.4 is 0 Å². The minimum atomic E-state index is -0.582. The molecule has 0 atom stereocenters. The summed E-state index contributed by atoms with van der Waals surface area (Å²) in [6.45, 7) is 5.52. The first-order valence-electron chi connectivity index (χ1n) is 6.63. The van der Waals surface area contributed by atoms with Crippen LogP contribution in [-0.2, 0) is 4.74 Å². The molecule has 2 aromatic carbocycles. The van der Waals surface area contributed by atoms with Crippen molar-refractivity contribution >= 4 is 17.3 Å². The van der Waals surface area contributed by atoms with Gasteiger partial charge < -0.3 is 4.74 Å². The number of methoxy groups -OCH3 is 1. The molecule has 0 radical (unpaired) electrons. The van der Waals surface area contributed by atoms with Crippen molar-refractivity contribution in [3.63, 3.8) is 0 Å². The van der Waals surface area contributed by atoms with E-state index < -0.39 is 17.6 Å². The van der Waals surface area contributed by atoms with E-state index in [0.29, 0.717) is 16.7 Å². The molecule has 22 heavy (non-hydrogen) atoms. The highest BCUT2D eigenvalue weighted by molar-refractivity contribution is 6.10. The van der Waals surface area contributed by atoms with E-state index in [9.17, 15) is 14.0 Å². The van der Waals surface area contributed by atoms with E-state index in [0.717, 1.165) is 0 Å². The molecule has 112 valence electrons. The number of hydrogen-bond acceptors (Lipinski definition) is 3. The number of carbonyl (C=O) groups excluding carboxylic acids is 2. The maximum atomic E-state index is 13.7. The summed E-state index contributed by atoms with van der Waals surface area (Å²) < 4.78 is 18.4. The molecule has 0 saturated heterocycles. The Labute approximate surface area is 128 Å². The fourth-order valence-corrected chi connectivity index (χ4v) is 2.13. The molecular weight excluding hydrogens is 283 g/mol. The maximum Gasteiger partial charge on any atom is 0.338 e. The van der Waals surface area contributed by atoms with Crippen molar-refractivity contribution < 1.29 is 18.7 Å². The predicted octanol–water partition coefficient (Wildman–Crippen LogP) is 3.88. The highest BCUT2D eigenvalue weighted by Crippen LogP contribution is 2.22. The van der Waals surface area contributed by atoms with Gasteiger partial charge in [0.1, 0.15) is 5.82 Å². The Kier molecular flexibility index (Phi) is 4.51. The van der Waals surface area contributed by atoms with Crippen LogP contribution in [0.25, 0.3) is 5.57 Å². The van der Waals surface area contributed by atoms with Crippen LogP contribution in [0.2, 0.25) is 0 Å². The van der Waals surface area contributed by atoms with Gasteiger partial charge in [0.25, 0.3) is 0 Å². The van der Waals surface area contributed by atoms with E-state index in [1.165, 1.54) is 43.5 Å². The molecule has 0 unspecified atom stereocenters. The zero-order valence-electron chi connectivity index (χ0n) is 12.4. The lowest BCUT2D eigenvalue weighted by Crippen LogP contribution is -2.09. The molecule has 2 aromatic rings. The Morgan fingerprint density at radius 1 is 1.05 bits per heavy atom. The number of benzene rings is 2. The van der Waals surface area contributed by atoms with E-state index in [-0.39, 0.29) is 11.1 Å². The van der Waals surface area contributed by atoms with Crippen LogP contribution >= 0.6 is 0 Å². The Morgan fingerprint density at radius 3 is 2.32 bits per heavy atom. The van der Waals surface area contributed by atoms with Gasteiger partial charge >= 0.3 is 5.97 Å². The van der Waals surface area contributed by atoms with E-state index in [4.69, 9.17) is 4.74 Å². The van der Waals surface area contributed by atoms with E-state index in [2.05, 4.69) is 6.58 Å². The van der Waals surface area contributed by atoms with Crippen molar-refractivity contribution in [2.75, 3.05) is 7.11 Å². The molecule has 0 aliphatic carbocycles. The fraction of sp³-hybridized carbons (Fsp3) is 0.111. The summed E-state index contributed by atoms with van der Waals surface area (Å²) in [7, 11) is 1.28. The molecule has 0 aliphatic heterocycles. The Morgan fingerprint density at radius 2 is 1.73 bits per heavy atom. The summed E-state index contributed by atoms with van der Waals surface area (Å²) in [5.41, 5.74) is 1.72. The van der Waals surface area contributed by atoms with Gasteiger partial charge in [-0.15, -0.1) is 0 Å². The number of rotatable bonds is 4. The molecule has 0 aliphatic rings. The molecule has 0 aromatic heterocycles. The molecule has 4 heteroatoms. The molecule has 0 amide bonds. The van der Waals surface area contributed by atoms with E-state index in [1.807, 2.05) is 0 Å². The van der Waals surface area contributed by atoms with Crippen LogP contribution in [0.4, 0.5) is 4.39 Å². The lowest BCUT2D eigenvalue weighted by Gasteiger charge is -2.10. The number of allylic oxidation sites excluding steroid dienone is 1. The molecule has 0 fully saturated rings. The molecule has 0 N–H and O–H groups in total. The van der Waals surface area contributed by atoms with Crippen molar-refractivity contribution in [1.29, 1.82) is 0 Å². The third-order valence-corrected chi connectivity index (χ3v) is 3.27. The summed E-state index contributed by atoms with van der Waals surface area (Å²) in [4.78, 5) is 24.1. The number of ether oxygens (including phenoxy) is 1. The Balaban J connectivity index is 2.52. The van der Waals surface area contributed by atoms with Crippen LogP contribution in [0.3, 0.4) is 0 Å². The molecule has 3 nitrogen and oxygen atoms in total. The quantitative estimate of drug-likeness (QED) is 0.635. The van der Waals surface area contributed by atoms with Crippen molar-refractivity contribution in [2.45, 2.75) is 6.92 Å². The molecule has 0 bridgehead atoms. The zero-order valence-corrected chi connectivity index (χ0v) is 12.4. The van der Waals surface area contributed by atoms with Crippen LogP contribution in [0.5, 0.6) is 0 Å². The van der Waals surface area contributed by atoms with Gasteiger partial charge in [0.15, 0.2) is 5.78 Å². The van der Waals surface area contributed by atoms with Crippen molar-refractivity contribution in [3.8, 4) is 0 Å². The second-order valence-electron chi connectivity index (χ2n) is 4.84. The van der Waals surface area contributed by atoms with Gasteiger partial charge in [-0.1, -0.05) is 30.4 Å². The first-order valence-corrected chi connectivity index (χ1v) is 6.63. The monoisotopic (exact) mass is 298 g/mol. The van der Waals surface area contributed by atoms with E-state index in [1.54, 1.807) is 13.0 Å². The summed E-state index contributed by atoms with van der Waals surface area (Å²) in [6, 6.07) is 10.3. The topological polar surface area (TPSA) is 43.4 Å². The van der Waals surface area contributed by atoms with Crippen LogP contribution in [0.15, 0.2) is 49.0 Å². The fourth-order valence-electron chi connectivity index (χ4n) is 2.13. The largest absolute Gasteiger partial charge is 0.465 e. The third kappa shape index (κ3) is 2.96. The average Bonchev–Trinajstić information content (AvgIpc) is 2.53. The number of halogens is 1. The van der Waals surface area contributed by atoms with Crippen LogP contribution in [-0.4, -0.2) is 18.9 Å². The maximum absolute atomic E-state index is 13.7. The summed E-state index contributed by atoms with van der Waals surface area (Å²) in [6.07, 6.45) is 0. The second kappa shape index (κ2) is 6.35. The van der Waals surface area contributed by atoms with Crippen LogP contribution in [0.1, 0.15) is 38.8 Å². The van der Waals surface area contributed by atoms with Crippen LogP contribution in [0, 0.1) is 5.82 Å². The molecule has 2 rings (SSSR count). The van der Waals surface area contributed by atoms with Gasteiger partial charge in [0.2, 0.25) is 0 Å². The molecular formula is C18H15FO3. The van der Waals surface area contributed by atoms with Gasteiger partial charge in [-0.05, 0) is 36.8 Å². The Bertz CT molecular complexity index is 763. The molecule has 0 saturated carbocycles. The van der Waals surface area contributed by atoms with Gasteiger partial charge in [0, 0.05) is 5.56 Å². The molecule has 0 heterocycles. The minimum absolute atomic E-state index is 0.0130. The standard InChI is InChI=1S/C18H15FO3/c1-11(2)15-10-12(8-9-13(15)18(21)22-3)17(20)14-6-4-5-7-16(14)19/h4-10H,1H2,2-3H3. The molecule has 0 spiro atoms. The summed E-state index contributed by atoms with van der Waals surface area (Å²) in [5, 5.41) is 0. The minimum Gasteiger partial charge on any atom is -0.465 e. The average molecular weight is 298 g/mol. The highest BCUT2D eigenvalue weighted by Gasteiger charge is 2.18. The van der Waals surface area contributed by atoms with Crippen molar-refractivity contribution in [1.82, 2.24) is 0 Å². The first-order chi connectivity index (χ1) is 10.5. The lowest BCUT2D eigenvalue weighted by atomic mass is 9.95. The van der Waals surface area contributed by atoms with Crippen molar-refractivity contribution in [2.24, 2.45) is 0 Å². The Hall–Kier alpha value is -2.75. The smallest absolute Gasteiger partial charge is 0.338 e. The summed E-state index contributed by atoms with van der Waals surface area (Å²) >= 11 is 0. The zero-order chi connectivity index (χ0) is 16.3. The second-order valence-corrected chi connectivity index (χ2v) is 4.84. The SMILES string of the molecule is C=C(C)c1cc(C(=O)c2ccccc2F)ccc1C(=O)OC. The normalized spacial score (nSPS) is 10.1. The number of ketones is 1. The number of carbonyl (C=O) groups is 2. The number of hydrogen-bond donors (Lipinski definition) is 0.